The van der Waals surface area contributed by atoms with E-state index in [0.29, 0.717) is 12.0 Å². The van der Waals surface area contributed by atoms with E-state index in [-0.39, 0.29) is 0 Å². The highest BCUT2D eigenvalue weighted by Gasteiger charge is 2.18. The molecule has 0 spiro atoms. The van der Waals surface area contributed by atoms with Crippen molar-refractivity contribution in [2.45, 2.75) is 39.2 Å². The van der Waals surface area contributed by atoms with E-state index < -0.39 is 0 Å². The first-order valence-electron chi connectivity index (χ1n) is 6.08. The molecule has 0 heterocycles. The third-order valence-corrected chi connectivity index (χ3v) is 3.20. The van der Waals surface area contributed by atoms with Gasteiger partial charge in [-0.3, -0.25) is 0 Å². The number of methoxy groups -OCH3 is 1. The second-order valence-corrected chi connectivity index (χ2v) is 4.30. The van der Waals surface area contributed by atoms with Crippen LogP contribution < -0.4 is 5.73 Å². The van der Waals surface area contributed by atoms with Crippen molar-refractivity contribution in [1.82, 2.24) is 0 Å². The molecule has 0 amide bonds. The van der Waals surface area contributed by atoms with Gasteiger partial charge in [0.1, 0.15) is 0 Å². The van der Waals surface area contributed by atoms with Crippen LogP contribution >= 0.6 is 0 Å². The summed E-state index contributed by atoms with van der Waals surface area (Å²) in [5.74, 6) is 0.580. The number of hydrogen-bond acceptors (Lipinski definition) is 2. The fourth-order valence-electron chi connectivity index (χ4n) is 2.25. The van der Waals surface area contributed by atoms with Crippen molar-refractivity contribution in [2.75, 3.05) is 12.8 Å². The Morgan fingerprint density at radius 1 is 1.25 bits per heavy atom. The molecule has 1 aromatic carbocycles. The monoisotopic (exact) mass is 221 g/mol. The lowest BCUT2D eigenvalue weighted by Crippen LogP contribution is -2.23. The van der Waals surface area contributed by atoms with Crippen LogP contribution in [0.5, 0.6) is 0 Å². The molecule has 0 aliphatic heterocycles. The zero-order valence-electron chi connectivity index (χ0n) is 10.6. The van der Waals surface area contributed by atoms with E-state index in [2.05, 4.69) is 26.0 Å². The highest BCUT2D eigenvalue weighted by molar-refractivity contribution is 5.40. The quantitative estimate of drug-likeness (QED) is 0.748. The maximum Gasteiger partial charge on any atom is 0.0599 e. The van der Waals surface area contributed by atoms with E-state index in [1.54, 1.807) is 7.11 Å². The molecule has 0 aliphatic rings. The molecule has 1 aromatic rings. The van der Waals surface area contributed by atoms with Crippen LogP contribution in [-0.4, -0.2) is 13.2 Å². The first-order valence-corrected chi connectivity index (χ1v) is 6.08. The number of nitrogen functional groups attached to an aromatic ring is 1. The zero-order valence-corrected chi connectivity index (χ0v) is 10.6. The van der Waals surface area contributed by atoms with Crippen LogP contribution in [0.1, 0.15) is 32.3 Å². The fraction of sp³-hybridized carbons (Fsp3) is 0.571. The molecule has 2 N–H and O–H groups in total. The van der Waals surface area contributed by atoms with Gasteiger partial charge in [-0.15, -0.1) is 0 Å². The number of hydrogen-bond donors (Lipinski definition) is 1. The summed E-state index contributed by atoms with van der Waals surface area (Å²) in [6.07, 6.45) is 3.61. The number of rotatable bonds is 6. The first-order chi connectivity index (χ1) is 7.71. The van der Waals surface area contributed by atoms with Gasteiger partial charge in [-0.1, -0.05) is 32.4 Å². The molecule has 0 aliphatic carbocycles. The van der Waals surface area contributed by atoms with E-state index in [9.17, 15) is 0 Å². The molecule has 0 bridgehead atoms. The molecule has 0 saturated carbocycles. The third kappa shape index (κ3) is 3.53. The summed E-state index contributed by atoms with van der Waals surface area (Å²) < 4.78 is 5.52. The number of benzene rings is 1. The third-order valence-electron chi connectivity index (χ3n) is 3.20. The minimum absolute atomic E-state index is 0.353. The predicted octanol–water partition coefficient (Wildman–Crippen LogP) is 3.26. The smallest absolute Gasteiger partial charge is 0.0599 e. The van der Waals surface area contributed by atoms with Gasteiger partial charge in [0.2, 0.25) is 0 Å². The van der Waals surface area contributed by atoms with E-state index in [0.717, 1.165) is 24.9 Å². The van der Waals surface area contributed by atoms with E-state index >= 15 is 0 Å². The highest BCUT2D eigenvalue weighted by atomic mass is 16.5. The summed E-state index contributed by atoms with van der Waals surface area (Å²) >= 11 is 0. The van der Waals surface area contributed by atoms with Crippen LogP contribution in [0.3, 0.4) is 0 Å². The van der Waals surface area contributed by atoms with Crippen molar-refractivity contribution < 1.29 is 4.74 Å². The van der Waals surface area contributed by atoms with Crippen molar-refractivity contribution in [3.8, 4) is 0 Å². The van der Waals surface area contributed by atoms with Crippen LogP contribution in [-0.2, 0) is 11.2 Å². The lowest BCUT2D eigenvalue weighted by Gasteiger charge is -2.24. The number of ether oxygens (including phenoxy) is 1. The first kappa shape index (κ1) is 13.0. The summed E-state index contributed by atoms with van der Waals surface area (Å²) in [4.78, 5) is 0. The molecular weight excluding hydrogens is 198 g/mol. The van der Waals surface area contributed by atoms with Crippen molar-refractivity contribution in [3.63, 3.8) is 0 Å². The summed E-state index contributed by atoms with van der Waals surface area (Å²) in [6, 6.07) is 8.15. The topological polar surface area (TPSA) is 35.2 Å². The average Bonchev–Trinajstić information content (AvgIpc) is 2.29. The van der Waals surface area contributed by atoms with Gasteiger partial charge in [-0.05, 0) is 36.5 Å². The average molecular weight is 221 g/mol. The molecular formula is C14H23NO. The van der Waals surface area contributed by atoms with Crippen molar-refractivity contribution >= 4 is 5.69 Å². The van der Waals surface area contributed by atoms with Gasteiger partial charge in [-0.2, -0.15) is 0 Å². The van der Waals surface area contributed by atoms with Gasteiger partial charge in [0, 0.05) is 12.8 Å². The molecule has 90 valence electrons. The molecule has 0 fully saturated rings. The van der Waals surface area contributed by atoms with Crippen LogP contribution in [0, 0.1) is 5.92 Å². The summed E-state index contributed by atoms with van der Waals surface area (Å²) in [7, 11) is 1.80. The van der Waals surface area contributed by atoms with Gasteiger partial charge in [0.05, 0.1) is 6.10 Å². The Kier molecular flexibility index (Phi) is 5.33. The zero-order chi connectivity index (χ0) is 12.0. The number of nitrogens with two attached hydrogens (primary N) is 1. The number of anilines is 1. The predicted molar refractivity (Wildman–Crippen MR) is 69.4 cm³/mol. The van der Waals surface area contributed by atoms with Crippen LogP contribution in [0.15, 0.2) is 24.3 Å². The standard InChI is InChI=1S/C14H23NO/c1-4-12(14(5-2)16-3)9-11-7-6-8-13(15)10-11/h6-8,10,12,14H,4-5,9,15H2,1-3H3. The van der Waals surface area contributed by atoms with Crippen LogP contribution in [0.4, 0.5) is 5.69 Å². The minimum Gasteiger partial charge on any atom is -0.399 e. The molecule has 2 heteroatoms. The second kappa shape index (κ2) is 6.54. The molecule has 2 nitrogen and oxygen atoms in total. The Bertz CT molecular complexity index is 307. The highest BCUT2D eigenvalue weighted by Crippen LogP contribution is 2.21. The Hall–Kier alpha value is -1.02. The normalized spacial score (nSPS) is 14.7. The Balaban J connectivity index is 2.69. The lowest BCUT2D eigenvalue weighted by molar-refractivity contribution is 0.0474. The van der Waals surface area contributed by atoms with Crippen LogP contribution in [0.2, 0.25) is 0 Å². The van der Waals surface area contributed by atoms with Gasteiger partial charge < -0.3 is 10.5 Å². The van der Waals surface area contributed by atoms with Crippen molar-refractivity contribution in [1.29, 1.82) is 0 Å². The van der Waals surface area contributed by atoms with Gasteiger partial charge in [0.25, 0.3) is 0 Å². The largest absolute Gasteiger partial charge is 0.399 e. The lowest BCUT2D eigenvalue weighted by atomic mass is 9.90. The van der Waals surface area contributed by atoms with E-state index in [1.807, 2.05) is 12.1 Å². The Morgan fingerprint density at radius 2 is 2.00 bits per heavy atom. The Labute approximate surface area is 98.8 Å². The molecule has 1 rings (SSSR count). The van der Waals surface area contributed by atoms with Crippen molar-refractivity contribution in [2.24, 2.45) is 5.92 Å². The van der Waals surface area contributed by atoms with Crippen molar-refractivity contribution in [3.05, 3.63) is 29.8 Å². The molecule has 0 radical (unpaired) electrons. The molecule has 16 heavy (non-hydrogen) atoms. The van der Waals surface area contributed by atoms with Gasteiger partial charge in [0.15, 0.2) is 0 Å². The second-order valence-electron chi connectivity index (χ2n) is 4.30. The summed E-state index contributed by atoms with van der Waals surface area (Å²) in [5.41, 5.74) is 7.94. The molecule has 0 saturated heterocycles. The summed E-state index contributed by atoms with van der Waals surface area (Å²) in [5, 5.41) is 0. The molecule has 2 atom stereocenters. The Morgan fingerprint density at radius 3 is 2.50 bits per heavy atom. The van der Waals surface area contributed by atoms with Gasteiger partial charge in [-0.25, -0.2) is 0 Å². The van der Waals surface area contributed by atoms with Crippen LogP contribution in [0.25, 0.3) is 0 Å². The SMILES string of the molecule is CCC(Cc1cccc(N)c1)C(CC)OC. The maximum atomic E-state index is 5.79. The minimum atomic E-state index is 0.353. The van der Waals surface area contributed by atoms with Gasteiger partial charge >= 0.3 is 0 Å². The van der Waals surface area contributed by atoms with E-state index in [1.165, 1.54) is 5.56 Å². The van der Waals surface area contributed by atoms with E-state index in [4.69, 9.17) is 10.5 Å². The maximum absolute atomic E-state index is 5.79. The molecule has 0 aromatic heterocycles. The fourth-order valence-corrected chi connectivity index (χ4v) is 2.25. The summed E-state index contributed by atoms with van der Waals surface area (Å²) in [6.45, 7) is 4.40. The molecule has 2 unspecified atom stereocenters.